The van der Waals surface area contributed by atoms with Gasteiger partial charge in [0.2, 0.25) is 5.88 Å². The highest BCUT2D eigenvalue weighted by atomic mass is 35.5. The van der Waals surface area contributed by atoms with Gasteiger partial charge in [-0.15, -0.1) is 0 Å². The van der Waals surface area contributed by atoms with E-state index in [2.05, 4.69) is 10.3 Å². The molecule has 1 saturated heterocycles. The Kier molecular flexibility index (Phi) is 6.02. The van der Waals surface area contributed by atoms with E-state index in [1.54, 1.807) is 18.2 Å². The van der Waals surface area contributed by atoms with E-state index in [4.69, 9.17) is 44.3 Å². The molecule has 1 amide bonds. The number of nitrogens with one attached hydrogen (secondary N) is 1. The van der Waals surface area contributed by atoms with Crippen LogP contribution in [-0.2, 0) is 4.74 Å². The van der Waals surface area contributed by atoms with Crippen molar-refractivity contribution in [1.29, 1.82) is 0 Å². The summed E-state index contributed by atoms with van der Waals surface area (Å²) in [6.07, 6.45) is 3.00. The Hall–Kier alpha value is -1.53. The molecule has 0 radical (unpaired) electrons. The molecule has 0 spiro atoms. The van der Waals surface area contributed by atoms with Crippen molar-refractivity contribution in [3.63, 3.8) is 0 Å². The molecule has 0 atom stereocenters. The van der Waals surface area contributed by atoms with Crippen molar-refractivity contribution in [2.24, 2.45) is 0 Å². The average Bonchev–Trinajstić information content (AvgIpc) is 2.61. The van der Waals surface area contributed by atoms with Crippen molar-refractivity contribution in [3.8, 4) is 5.88 Å². The molecule has 0 saturated carbocycles. The summed E-state index contributed by atoms with van der Waals surface area (Å²) in [4.78, 5) is 16.5. The van der Waals surface area contributed by atoms with E-state index in [0.29, 0.717) is 35.4 Å². The summed E-state index contributed by atoms with van der Waals surface area (Å²) in [6, 6.07) is 6.50. The summed E-state index contributed by atoms with van der Waals surface area (Å²) in [6.45, 7) is 1.31. The number of halogens is 3. The molecule has 0 unspecified atom stereocenters. The first-order valence-corrected chi connectivity index (χ1v) is 8.83. The van der Waals surface area contributed by atoms with Crippen LogP contribution in [-0.4, -0.2) is 30.2 Å². The number of carbonyl (C=O) groups is 1. The number of aromatic nitrogens is 1. The fraction of sp³-hybridized carbons (Fsp3) is 0.294. The highest BCUT2D eigenvalue weighted by Crippen LogP contribution is 2.30. The number of pyridine rings is 1. The summed E-state index contributed by atoms with van der Waals surface area (Å²) in [5, 5.41) is 3.59. The monoisotopic (exact) mass is 400 g/mol. The summed E-state index contributed by atoms with van der Waals surface area (Å²) in [5.41, 5.74) is 0.707. The van der Waals surface area contributed by atoms with E-state index >= 15 is 0 Å². The molecule has 5 nitrogen and oxygen atoms in total. The quantitative estimate of drug-likeness (QED) is 0.795. The maximum Gasteiger partial charge on any atom is 0.257 e. The zero-order valence-electron chi connectivity index (χ0n) is 13.1. The van der Waals surface area contributed by atoms with E-state index in [0.717, 1.165) is 12.8 Å². The maximum atomic E-state index is 12.4. The summed E-state index contributed by atoms with van der Waals surface area (Å²) in [7, 11) is 0. The second-order valence-electron chi connectivity index (χ2n) is 5.50. The topological polar surface area (TPSA) is 60.5 Å². The molecule has 2 heterocycles. The minimum absolute atomic E-state index is 0.0173. The normalized spacial score (nSPS) is 15.0. The third kappa shape index (κ3) is 4.55. The molecule has 25 heavy (non-hydrogen) atoms. The van der Waals surface area contributed by atoms with E-state index in [1.807, 2.05) is 0 Å². The van der Waals surface area contributed by atoms with Gasteiger partial charge >= 0.3 is 0 Å². The Balaban J connectivity index is 1.71. The van der Waals surface area contributed by atoms with Gasteiger partial charge in [-0.25, -0.2) is 4.98 Å². The first-order chi connectivity index (χ1) is 12.0. The zero-order chi connectivity index (χ0) is 17.8. The van der Waals surface area contributed by atoms with Gasteiger partial charge in [0.25, 0.3) is 5.91 Å². The number of anilines is 1. The van der Waals surface area contributed by atoms with Crippen molar-refractivity contribution < 1.29 is 14.3 Å². The molecule has 132 valence electrons. The van der Waals surface area contributed by atoms with Crippen molar-refractivity contribution in [2.75, 3.05) is 18.5 Å². The van der Waals surface area contributed by atoms with Crippen LogP contribution < -0.4 is 10.1 Å². The lowest BCUT2D eigenvalue weighted by Crippen LogP contribution is -2.26. The number of carbonyl (C=O) groups excluding carboxylic acids is 1. The van der Waals surface area contributed by atoms with Crippen molar-refractivity contribution in [3.05, 3.63) is 51.1 Å². The Morgan fingerprint density at radius 2 is 1.96 bits per heavy atom. The van der Waals surface area contributed by atoms with Gasteiger partial charge in [0.15, 0.2) is 0 Å². The van der Waals surface area contributed by atoms with Gasteiger partial charge in [0, 0.05) is 19.0 Å². The van der Waals surface area contributed by atoms with Gasteiger partial charge in [-0.1, -0.05) is 40.9 Å². The van der Waals surface area contributed by atoms with Crippen LogP contribution in [0.3, 0.4) is 0 Å². The van der Waals surface area contributed by atoms with Crippen molar-refractivity contribution in [1.82, 2.24) is 4.98 Å². The third-order valence-corrected chi connectivity index (χ3v) is 4.81. The van der Waals surface area contributed by atoms with E-state index in [-0.39, 0.29) is 16.1 Å². The van der Waals surface area contributed by atoms with E-state index in [9.17, 15) is 4.79 Å². The molecular formula is C17H15Cl3N2O3. The summed E-state index contributed by atoms with van der Waals surface area (Å²) in [5.74, 6) is -0.0814. The van der Waals surface area contributed by atoms with Gasteiger partial charge < -0.3 is 14.8 Å². The van der Waals surface area contributed by atoms with Crippen LogP contribution in [0, 0.1) is 0 Å². The predicted octanol–water partition coefficient (Wildman–Crippen LogP) is 4.85. The number of rotatable bonds is 4. The second-order valence-corrected chi connectivity index (χ2v) is 6.69. The van der Waals surface area contributed by atoms with Crippen molar-refractivity contribution in [2.45, 2.75) is 18.9 Å². The fourth-order valence-corrected chi connectivity index (χ4v) is 2.94. The lowest BCUT2D eigenvalue weighted by Gasteiger charge is -2.23. The molecule has 1 fully saturated rings. The maximum absolute atomic E-state index is 12.4. The molecule has 3 rings (SSSR count). The molecule has 0 bridgehead atoms. The summed E-state index contributed by atoms with van der Waals surface area (Å²) < 4.78 is 11.1. The molecule has 1 aromatic heterocycles. The molecule has 2 aromatic rings. The van der Waals surface area contributed by atoms with Gasteiger partial charge in [-0.3, -0.25) is 4.79 Å². The molecule has 1 aliphatic rings. The molecule has 1 N–H and O–H groups in total. The Bertz CT molecular complexity index is 780. The van der Waals surface area contributed by atoms with Gasteiger partial charge in [0.1, 0.15) is 11.1 Å². The Morgan fingerprint density at radius 1 is 1.20 bits per heavy atom. The lowest BCUT2D eigenvalue weighted by atomic mass is 10.1. The molecule has 8 heteroatoms. The summed E-state index contributed by atoms with van der Waals surface area (Å²) >= 11 is 18.2. The molecular weight excluding hydrogens is 387 g/mol. The predicted molar refractivity (Wildman–Crippen MR) is 98.1 cm³/mol. The number of ether oxygens (including phenoxy) is 2. The SMILES string of the molecule is O=C(Nc1cccc(Cl)c1Cl)c1cnc(OC2CCOCC2)c(Cl)c1. The molecule has 1 aromatic carbocycles. The minimum atomic E-state index is -0.392. The smallest absolute Gasteiger partial charge is 0.257 e. The number of benzene rings is 1. The number of amides is 1. The largest absolute Gasteiger partial charge is 0.473 e. The van der Waals surface area contributed by atoms with Crippen LogP contribution in [0.4, 0.5) is 5.69 Å². The molecule has 1 aliphatic heterocycles. The number of nitrogens with zero attached hydrogens (tertiary/aromatic N) is 1. The molecule has 0 aliphatic carbocycles. The Morgan fingerprint density at radius 3 is 2.68 bits per heavy atom. The zero-order valence-corrected chi connectivity index (χ0v) is 15.4. The first-order valence-electron chi connectivity index (χ1n) is 7.70. The standard InChI is InChI=1S/C17H15Cl3N2O3/c18-12-2-1-3-14(15(12)20)22-16(23)10-8-13(19)17(21-9-10)25-11-4-6-24-7-5-11/h1-3,8-9,11H,4-7H2,(H,22,23). The van der Waals surface area contributed by atoms with Crippen molar-refractivity contribution >= 4 is 46.4 Å². The van der Waals surface area contributed by atoms with E-state index < -0.39 is 5.91 Å². The van der Waals surface area contributed by atoms with Crippen LogP contribution in [0.2, 0.25) is 15.1 Å². The van der Waals surface area contributed by atoms with Crippen LogP contribution in [0.25, 0.3) is 0 Å². The Labute approximate surface area is 160 Å². The highest BCUT2D eigenvalue weighted by molar-refractivity contribution is 6.44. The first kappa shape index (κ1) is 18.3. The van der Waals surface area contributed by atoms with E-state index in [1.165, 1.54) is 12.3 Å². The number of hydrogen-bond donors (Lipinski definition) is 1. The van der Waals surface area contributed by atoms with Crippen LogP contribution in [0.5, 0.6) is 5.88 Å². The van der Waals surface area contributed by atoms with Crippen LogP contribution in [0.15, 0.2) is 30.5 Å². The minimum Gasteiger partial charge on any atom is -0.473 e. The second kappa shape index (κ2) is 8.23. The van der Waals surface area contributed by atoms with Gasteiger partial charge in [-0.2, -0.15) is 0 Å². The highest BCUT2D eigenvalue weighted by Gasteiger charge is 2.19. The lowest BCUT2D eigenvalue weighted by molar-refractivity contribution is 0.0238. The average molecular weight is 402 g/mol. The third-order valence-electron chi connectivity index (χ3n) is 3.72. The van der Waals surface area contributed by atoms with Gasteiger partial charge in [0.05, 0.1) is 34.5 Å². The van der Waals surface area contributed by atoms with Crippen LogP contribution in [0.1, 0.15) is 23.2 Å². The number of hydrogen-bond acceptors (Lipinski definition) is 4. The fourth-order valence-electron chi connectivity index (χ4n) is 2.38. The van der Waals surface area contributed by atoms with Crippen LogP contribution >= 0.6 is 34.8 Å². The van der Waals surface area contributed by atoms with Gasteiger partial charge in [-0.05, 0) is 18.2 Å².